The van der Waals surface area contributed by atoms with Crippen molar-refractivity contribution in [2.24, 2.45) is 0 Å². The first-order valence-electron chi connectivity index (χ1n) is 6.67. The average molecular weight is 283 g/mol. The van der Waals surface area contributed by atoms with Crippen molar-refractivity contribution in [1.82, 2.24) is 4.98 Å². The molecule has 0 fully saturated rings. The van der Waals surface area contributed by atoms with Gasteiger partial charge in [-0.15, -0.1) is 0 Å². The third-order valence-electron chi connectivity index (χ3n) is 2.79. The van der Waals surface area contributed by atoms with E-state index in [0.29, 0.717) is 19.1 Å². The molecule has 0 amide bonds. The summed E-state index contributed by atoms with van der Waals surface area (Å²) in [5.41, 5.74) is 2.15. The van der Waals surface area contributed by atoms with Crippen molar-refractivity contribution in [3.8, 4) is 17.0 Å². The normalized spacial score (nSPS) is 10.1. The second-order valence-electron chi connectivity index (χ2n) is 4.32. The zero-order valence-corrected chi connectivity index (χ0v) is 11.7. The first kappa shape index (κ1) is 14.9. The van der Waals surface area contributed by atoms with Crippen molar-refractivity contribution in [1.29, 1.82) is 0 Å². The molecule has 1 aromatic heterocycles. The Morgan fingerprint density at radius 2 is 1.90 bits per heavy atom. The number of rotatable bonds is 8. The van der Waals surface area contributed by atoms with E-state index in [9.17, 15) is 4.79 Å². The van der Waals surface area contributed by atoms with Gasteiger partial charge in [0.05, 0.1) is 6.61 Å². The van der Waals surface area contributed by atoms with Crippen LogP contribution in [0, 0.1) is 0 Å². The molecule has 21 heavy (non-hydrogen) atoms. The maximum absolute atomic E-state index is 10.9. The van der Waals surface area contributed by atoms with Crippen LogP contribution in [-0.2, 0) is 9.53 Å². The number of ether oxygens (including phenoxy) is 2. The second kappa shape index (κ2) is 7.97. The average Bonchev–Trinajstić information content (AvgIpc) is 2.55. The summed E-state index contributed by atoms with van der Waals surface area (Å²) in [6.45, 7) is 4.09. The number of nitrogens with zero attached hydrogens (tertiary/aromatic N) is 1. The maximum atomic E-state index is 10.9. The third-order valence-corrected chi connectivity index (χ3v) is 2.79. The summed E-state index contributed by atoms with van der Waals surface area (Å²) in [5.74, 6) is 0.397. The summed E-state index contributed by atoms with van der Waals surface area (Å²) < 4.78 is 10.6. The molecule has 0 radical (unpaired) electrons. The van der Waals surface area contributed by atoms with Crippen LogP contribution >= 0.6 is 0 Å². The number of benzene rings is 1. The number of aromatic nitrogens is 1. The van der Waals surface area contributed by atoms with Gasteiger partial charge in [-0.25, -0.2) is 4.98 Å². The highest BCUT2D eigenvalue weighted by Crippen LogP contribution is 2.19. The SMILES string of the molecule is C=CC(=O)COCCOc1ccc(-c2ccccc2)cn1. The minimum Gasteiger partial charge on any atom is -0.475 e. The Morgan fingerprint density at radius 1 is 1.10 bits per heavy atom. The van der Waals surface area contributed by atoms with Gasteiger partial charge in [-0.3, -0.25) is 4.79 Å². The van der Waals surface area contributed by atoms with E-state index in [1.165, 1.54) is 6.08 Å². The van der Waals surface area contributed by atoms with Gasteiger partial charge in [0.1, 0.15) is 13.2 Å². The van der Waals surface area contributed by atoms with Gasteiger partial charge in [0.25, 0.3) is 0 Å². The first-order chi connectivity index (χ1) is 10.3. The molecule has 0 unspecified atom stereocenters. The van der Waals surface area contributed by atoms with Crippen molar-refractivity contribution in [2.45, 2.75) is 0 Å². The lowest BCUT2D eigenvalue weighted by molar-refractivity contribution is -0.119. The fraction of sp³-hybridized carbons (Fsp3) is 0.176. The molecule has 4 heteroatoms. The van der Waals surface area contributed by atoms with Gasteiger partial charge in [0, 0.05) is 17.8 Å². The lowest BCUT2D eigenvalue weighted by atomic mass is 10.1. The molecule has 0 aliphatic rings. The van der Waals surface area contributed by atoms with Crippen LogP contribution in [0.15, 0.2) is 61.3 Å². The van der Waals surface area contributed by atoms with Gasteiger partial charge < -0.3 is 9.47 Å². The predicted octanol–water partition coefficient (Wildman–Crippen LogP) is 2.90. The van der Waals surface area contributed by atoms with Gasteiger partial charge in [-0.1, -0.05) is 36.9 Å². The number of hydrogen-bond acceptors (Lipinski definition) is 4. The van der Waals surface area contributed by atoms with Crippen LogP contribution in [0.5, 0.6) is 5.88 Å². The zero-order chi connectivity index (χ0) is 14.9. The van der Waals surface area contributed by atoms with E-state index in [0.717, 1.165) is 11.1 Å². The summed E-state index contributed by atoms with van der Waals surface area (Å²) in [6, 6.07) is 13.8. The van der Waals surface area contributed by atoms with E-state index in [-0.39, 0.29) is 12.4 Å². The van der Waals surface area contributed by atoms with Crippen LogP contribution in [0.3, 0.4) is 0 Å². The molecule has 0 aliphatic carbocycles. The molecule has 1 heterocycles. The molecule has 0 atom stereocenters. The minimum absolute atomic E-state index is 0.0350. The number of ketones is 1. The zero-order valence-electron chi connectivity index (χ0n) is 11.7. The summed E-state index contributed by atoms with van der Waals surface area (Å²) in [6.07, 6.45) is 3.01. The lowest BCUT2D eigenvalue weighted by Gasteiger charge is -2.06. The molecule has 0 saturated heterocycles. The van der Waals surface area contributed by atoms with E-state index in [1.807, 2.05) is 42.5 Å². The predicted molar refractivity (Wildman–Crippen MR) is 81.2 cm³/mol. The van der Waals surface area contributed by atoms with Crippen molar-refractivity contribution >= 4 is 5.78 Å². The molecular formula is C17H17NO3. The molecule has 0 aliphatic heterocycles. The van der Waals surface area contributed by atoms with Crippen LogP contribution < -0.4 is 4.74 Å². The van der Waals surface area contributed by atoms with Crippen LogP contribution in [0.2, 0.25) is 0 Å². The Labute approximate surface area is 124 Å². The minimum atomic E-state index is -0.139. The molecule has 2 rings (SSSR count). The Kier molecular flexibility index (Phi) is 5.67. The lowest BCUT2D eigenvalue weighted by Crippen LogP contribution is -2.12. The highest BCUT2D eigenvalue weighted by molar-refractivity contribution is 5.90. The largest absolute Gasteiger partial charge is 0.475 e. The molecule has 0 N–H and O–H groups in total. The fourth-order valence-corrected chi connectivity index (χ4v) is 1.70. The summed E-state index contributed by atoms with van der Waals surface area (Å²) in [7, 11) is 0. The van der Waals surface area contributed by atoms with E-state index in [4.69, 9.17) is 9.47 Å². The van der Waals surface area contributed by atoms with Crippen LogP contribution in [0.1, 0.15) is 0 Å². The summed E-state index contributed by atoms with van der Waals surface area (Å²) in [5, 5.41) is 0. The highest BCUT2D eigenvalue weighted by Gasteiger charge is 2.00. The Bertz CT molecular complexity index is 579. The van der Waals surface area contributed by atoms with Crippen molar-refractivity contribution in [3.05, 3.63) is 61.3 Å². The Balaban J connectivity index is 1.78. The van der Waals surface area contributed by atoms with Crippen molar-refractivity contribution in [2.75, 3.05) is 19.8 Å². The first-order valence-corrected chi connectivity index (χ1v) is 6.67. The molecule has 0 bridgehead atoms. The smallest absolute Gasteiger partial charge is 0.213 e. The van der Waals surface area contributed by atoms with E-state index in [1.54, 1.807) is 6.20 Å². The Morgan fingerprint density at radius 3 is 2.57 bits per heavy atom. The van der Waals surface area contributed by atoms with Gasteiger partial charge in [0.15, 0.2) is 5.78 Å². The molecular weight excluding hydrogens is 266 g/mol. The summed E-state index contributed by atoms with van der Waals surface area (Å²) in [4.78, 5) is 15.2. The van der Waals surface area contributed by atoms with Gasteiger partial charge in [-0.05, 0) is 17.7 Å². The second-order valence-corrected chi connectivity index (χ2v) is 4.32. The molecule has 1 aromatic carbocycles. The van der Waals surface area contributed by atoms with E-state index in [2.05, 4.69) is 11.6 Å². The molecule has 4 nitrogen and oxygen atoms in total. The van der Waals surface area contributed by atoms with Gasteiger partial charge in [-0.2, -0.15) is 0 Å². The fourth-order valence-electron chi connectivity index (χ4n) is 1.70. The molecule has 0 saturated carbocycles. The van der Waals surface area contributed by atoms with Crippen LogP contribution in [-0.4, -0.2) is 30.6 Å². The highest BCUT2D eigenvalue weighted by atomic mass is 16.5. The molecule has 108 valence electrons. The van der Waals surface area contributed by atoms with Gasteiger partial charge in [0.2, 0.25) is 5.88 Å². The van der Waals surface area contributed by atoms with Gasteiger partial charge >= 0.3 is 0 Å². The number of pyridine rings is 1. The van der Waals surface area contributed by atoms with Crippen LogP contribution in [0.4, 0.5) is 0 Å². The third kappa shape index (κ3) is 4.85. The maximum Gasteiger partial charge on any atom is 0.213 e. The Hall–Kier alpha value is -2.46. The monoisotopic (exact) mass is 283 g/mol. The number of hydrogen-bond donors (Lipinski definition) is 0. The molecule has 0 spiro atoms. The molecule has 2 aromatic rings. The van der Waals surface area contributed by atoms with Crippen molar-refractivity contribution < 1.29 is 14.3 Å². The summed E-state index contributed by atoms with van der Waals surface area (Å²) >= 11 is 0. The topological polar surface area (TPSA) is 48.4 Å². The standard InChI is InChI=1S/C17H17NO3/c1-2-16(19)13-20-10-11-21-17-9-8-15(12-18-17)14-6-4-3-5-7-14/h2-9,12H,1,10-11,13H2. The van der Waals surface area contributed by atoms with E-state index < -0.39 is 0 Å². The number of carbonyl (C=O) groups is 1. The van der Waals surface area contributed by atoms with E-state index >= 15 is 0 Å². The quantitative estimate of drug-likeness (QED) is 0.552. The van der Waals surface area contributed by atoms with Crippen molar-refractivity contribution in [3.63, 3.8) is 0 Å². The van der Waals surface area contributed by atoms with Crippen LogP contribution in [0.25, 0.3) is 11.1 Å². The number of carbonyl (C=O) groups excluding carboxylic acids is 1.